The van der Waals surface area contributed by atoms with E-state index in [0.717, 1.165) is 33.0 Å². The molecule has 0 saturated heterocycles. The van der Waals surface area contributed by atoms with Gasteiger partial charge in [-0.15, -0.1) is 0 Å². The van der Waals surface area contributed by atoms with Crippen molar-refractivity contribution < 1.29 is 27.9 Å². The van der Waals surface area contributed by atoms with Gasteiger partial charge in [0.1, 0.15) is 11.4 Å². The van der Waals surface area contributed by atoms with Gasteiger partial charge in [-0.1, -0.05) is 84.9 Å². The number of hydrogen-bond donors (Lipinski definition) is 2. The van der Waals surface area contributed by atoms with Crippen LogP contribution in [0.1, 0.15) is 38.7 Å². The van der Waals surface area contributed by atoms with Crippen molar-refractivity contribution in [2.75, 3.05) is 11.4 Å². The van der Waals surface area contributed by atoms with E-state index < -0.39 is 40.8 Å². The average molecular weight is 598 g/mol. The first kappa shape index (κ1) is 28.7. The molecule has 0 fully saturated rings. The van der Waals surface area contributed by atoms with Crippen molar-refractivity contribution in [3.63, 3.8) is 0 Å². The van der Waals surface area contributed by atoms with Gasteiger partial charge in [-0.2, -0.15) is 13.2 Å². The van der Waals surface area contributed by atoms with E-state index >= 15 is 0 Å². The fraction of sp³-hybridized carbons (Fsp3) is 0.147. The average Bonchev–Trinajstić information content (AvgIpc) is 3.37. The topological polar surface area (TPSA) is 106 Å². The third-order valence-corrected chi connectivity index (χ3v) is 7.97. The van der Waals surface area contributed by atoms with Gasteiger partial charge in [0.05, 0.1) is 12.1 Å². The first-order chi connectivity index (χ1) is 21.0. The zero-order valence-electron chi connectivity index (χ0n) is 23.2. The van der Waals surface area contributed by atoms with Crippen molar-refractivity contribution in [1.29, 1.82) is 0 Å². The van der Waals surface area contributed by atoms with Crippen LogP contribution in [0.25, 0.3) is 21.9 Å². The van der Waals surface area contributed by atoms with Crippen LogP contribution in [0.15, 0.2) is 102 Å². The molecule has 6 rings (SSSR count). The highest BCUT2D eigenvalue weighted by atomic mass is 19.4. The van der Waals surface area contributed by atoms with Crippen LogP contribution in [0.4, 0.5) is 19.0 Å². The van der Waals surface area contributed by atoms with Crippen molar-refractivity contribution in [3.8, 4) is 11.1 Å². The van der Waals surface area contributed by atoms with Gasteiger partial charge in [0, 0.05) is 12.1 Å². The summed E-state index contributed by atoms with van der Waals surface area (Å²) in [6.45, 7) is 0.0149. The van der Waals surface area contributed by atoms with Crippen LogP contribution in [0.3, 0.4) is 0 Å². The van der Waals surface area contributed by atoms with Crippen molar-refractivity contribution in [2.24, 2.45) is 5.73 Å². The molecule has 0 saturated carbocycles. The van der Waals surface area contributed by atoms with Crippen LogP contribution in [-0.4, -0.2) is 28.1 Å². The predicted octanol–water partition coefficient (Wildman–Crippen LogP) is 6.02. The summed E-state index contributed by atoms with van der Waals surface area (Å²) in [5.41, 5.74) is 5.38. The number of aromatic nitrogens is 1. The Hall–Kier alpha value is -5.38. The Kier molecular flexibility index (Phi) is 7.20. The van der Waals surface area contributed by atoms with Crippen LogP contribution in [0.2, 0.25) is 0 Å². The van der Waals surface area contributed by atoms with E-state index in [0.29, 0.717) is 5.56 Å². The third kappa shape index (κ3) is 5.08. The quantitative estimate of drug-likeness (QED) is 0.239. The second kappa shape index (κ2) is 11.0. The predicted molar refractivity (Wildman–Crippen MR) is 161 cm³/mol. The van der Waals surface area contributed by atoms with E-state index in [4.69, 9.17) is 5.73 Å². The summed E-state index contributed by atoms with van der Waals surface area (Å²) in [6.07, 6.45) is -4.70. The molecule has 0 radical (unpaired) electrons. The number of halogens is 3. The van der Waals surface area contributed by atoms with E-state index in [-0.39, 0.29) is 42.0 Å². The lowest BCUT2D eigenvalue weighted by atomic mass is 9.89. The lowest BCUT2D eigenvalue weighted by Crippen LogP contribution is -2.35. The number of amides is 1. The maximum atomic E-state index is 14.1. The molecule has 0 aliphatic carbocycles. The summed E-state index contributed by atoms with van der Waals surface area (Å²) in [4.78, 5) is 41.3. The Balaban J connectivity index is 1.71. The van der Waals surface area contributed by atoms with Gasteiger partial charge < -0.3 is 15.7 Å². The number of anilines is 1. The van der Waals surface area contributed by atoms with E-state index in [1.165, 1.54) is 12.1 Å². The number of nitrogens with zero attached hydrogens (tertiary/aromatic N) is 2. The minimum absolute atomic E-state index is 0.0226. The highest BCUT2D eigenvalue weighted by Gasteiger charge is 2.40. The molecule has 1 aliphatic rings. The van der Waals surface area contributed by atoms with Gasteiger partial charge >= 0.3 is 12.1 Å². The number of pyridine rings is 1. The van der Waals surface area contributed by atoms with Gasteiger partial charge in [0.2, 0.25) is 0 Å². The first-order valence-electron chi connectivity index (χ1n) is 13.8. The van der Waals surface area contributed by atoms with Gasteiger partial charge in [0.15, 0.2) is 6.04 Å². The number of fused-ring (bicyclic) bond motifs is 2. The zero-order chi connectivity index (χ0) is 31.2. The van der Waals surface area contributed by atoms with Gasteiger partial charge in [-0.05, 0) is 51.6 Å². The fourth-order valence-electron chi connectivity index (χ4n) is 6.06. The van der Waals surface area contributed by atoms with E-state index in [1.807, 2.05) is 72.8 Å². The molecule has 1 amide bonds. The molecular weight excluding hydrogens is 571 g/mol. The van der Waals surface area contributed by atoms with Crippen LogP contribution in [0.5, 0.6) is 0 Å². The smallest absolute Gasteiger partial charge is 0.416 e. The summed E-state index contributed by atoms with van der Waals surface area (Å²) >= 11 is 0. The molecule has 1 atom stereocenters. The van der Waals surface area contributed by atoms with Gasteiger partial charge in [0.25, 0.3) is 11.5 Å². The van der Waals surface area contributed by atoms with E-state index in [1.54, 1.807) is 4.90 Å². The lowest BCUT2D eigenvalue weighted by Gasteiger charge is -2.25. The molecule has 3 N–H and O–H groups in total. The number of benzene rings is 4. The van der Waals surface area contributed by atoms with Crippen LogP contribution in [0, 0.1) is 0 Å². The molecule has 2 heterocycles. The fourth-order valence-corrected chi connectivity index (χ4v) is 6.06. The standard InChI is InChI=1S/C34H26F3N3O4/c35-34(36,37)24-14-7-13-23(16-24)28-26(17-22-12-6-11-21-10-4-5-15-25(21)22)29(30(38)41)32(42)40-27(33(43)44)19-39(31(28)40)18-20-8-2-1-3-9-20/h1-16,27H,17-19H2,(H2,38,41)(H,43,44). The maximum absolute atomic E-state index is 14.1. The maximum Gasteiger partial charge on any atom is 0.416 e. The molecule has 0 bridgehead atoms. The molecule has 7 nitrogen and oxygen atoms in total. The molecule has 10 heteroatoms. The summed E-state index contributed by atoms with van der Waals surface area (Å²) in [5.74, 6) is -2.30. The van der Waals surface area contributed by atoms with Crippen LogP contribution >= 0.6 is 0 Å². The van der Waals surface area contributed by atoms with Crippen LogP contribution in [-0.2, 0) is 23.9 Å². The molecule has 44 heavy (non-hydrogen) atoms. The molecule has 1 aromatic heterocycles. The molecule has 1 unspecified atom stereocenters. The SMILES string of the molecule is NC(=O)c1c(Cc2cccc3ccccc23)c(-c2cccc(C(F)(F)F)c2)c2n(c1=O)C(C(=O)O)CN2Cc1ccccc1. The molecule has 4 aromatic carbocycles. The summed E-state index contributed by atoms with van der Waals surface area (Å²) in [5, 5.41) is 11.9. The second-order valence-electron chi connectivity index (χ2n) is 10.7. The number of primary amides is 1. The summed E-state index contributed by atoms with van der Waals surface area (Å²) in [7, 11) is 0. The highest BCUT2D eigenvalue weighted by molar-refractivity contribution is 5.99. The number of nitrogens with two attached hydrogens (primary N) is 1. The molecular formula is C34H26F3N3O4. The molecule has 1 aliphatic heterocycles. The Labute approximate surface area is 249 Å². The largest absolute Gasteiger partial charge is 0.480 e. The van der Waals surface area contributed by atoms with E-state index in [2.05, 4.69) is 0 Å². The normalized spacial score (nSPS) is 14.5. The van der Waals surface area contributed by atoms with Crippen molar-refractivity contribution >= 4 is 28.5 Å². The number of hydrogen-bond acceptors (Lipinski definition) is 4. The van der Waals surface area contributed by atoms with Crippen molar-refractivity contribution in [3.05, 3.63) is 135 Å². The Morgan fingerprint density at radius 3 is 2.30 bits per heavy atom. The first-order valence-corrected chi connectivity index (χ1v) is 13.8. The Bertz CT molecular complexity index is 1980. The minimum Gasteiger partial charge on any atom is -0.480 e. The highest BCUT2D eigenvalue weighted by Crippen LogP contribution is 2.43. The summed E-state index contributed by atoms with van der Waals surface area (Å²) < 4.78 is 42.9. The third-order valence-electron chi connectivity index (χ3n) is 7.97. The van der Waals surface area contributed by atoms with Crippen molar-refractivity contribution in [1.82, 2.24) is 4.57 Å². The van der Waals surface area contributed by atoms with Crippen molar-refractivity contribution in [2.45, 2.75) is 25.2 Å². The number of carboxylic acid groups (broad SMARTS) is 1. The zero-order valence-corrected chi connectivity index (χ0v) is 23.2. The van der Waals surface area contributed by atoms with Gasteiger partial charge in [-0.3, -0.25) is 14.2 Å². The number of aliphatic carboxylic acids is 1. The number of carbonyl (C=O) groups is 2. The number of alkyl halides is 3. The van der Waals surface area contributed by atoms with Crippen LogP contribution < -0.4 is 16.2 Å². The Morgan fingerprint density at radius 1 is 0.909 bits per heavy atom. The number of carboxylic acids is 1. The second-order valence-corrected chi connectivity index (χ2v) is 10.7. The molecule has 222 valence electrons. The number of rotatable bonds is 7. The molecule has 5 aromatic rings. The molecule has 0 spiro atoms. The number of carbonyl (C=O) groups excluding carboxylic acids is 1. The van der Waals surface area contributed by atoms with Gasteiger partial charge in [-0.25, -0.2) is 4.79 Å². The monoisotopic (exact) mass is 597 g/mol. The van der Waals surface area contributed by atoms with E-state index in [9.17, 15) is 32.7 Å². The lowest BCUT2D eigenvalue weighted by molar-refractivity contribution is -0.140. The minimum atomic E-state index is -4.68. The Morgan fingerprint density at radius 2 is 1.59 bits per heavy atom. The summed E-state index contributed by atoms with van der Waals surface area (Å²) in [6, 6.07) is 25.3.